The Kier molecular flexibility index (Phi) is 4.27. The molecule has 0 saturated carbocycles. The summed E-state index contributed by atoms with van der Waals surface area (Å²) in [6, 6.07) is 0.275. The summed E-state index contributed by atoms with van der Waals surface area (Å²) in [6.45, 7) is 3.67. The third-order valence-electron chi connectivity index (χ3n) is 3.34. The van der Waals surface area contributed by atoms with Gasteiger partial charge in [0.2, 0.25) is 0 Å². The van der Waals surface area contributed by atoms with Crippen molar-refractivity contribution in [2.45, 2.75) is 18.9 Å². The van der Waals surface area contributed by atoms with E-state index in [2.05, 4.69) is 10.00 Å². The maximum atomic E-state index is 10.6. The van der Waals surface area contributed by atoms with Crippen LogP contribution in [0.5, 0.6) is 0 Å². The van der Waals surface area contributed by atoms with Crippen LogP contribution in [0.3, 0.4) is 0 Å². The summed E-state index contributed by atoms with van der Waals surface area (Å²) in [5.41, 5.74) is 0.0665. The van der Waals surface area contributed by atoms with Crippen molar-refractivity contribution >= 4 is 5.69 Å². The fourth-order valence-corrected chi connectivity index (χ4v) is 2.25. The van der Waals surface area contributed by atoms with Crippen molar-refractivity contribution < 1.29 is 9.66 Å². The van der Waals surface area contributed by atoms with E-state index in [4.69, 9.17) is 4.74 Å². The normalized spacial score (nSPS) is 18.1. The largest absolute Gasteiger partial charge is 0.383 e. The van der Waals surface area contributed by atoms with Crippen molar-refractivity contribution in [3.63, 3.8) is 0 Å². The zero-order valence-corrected chi connectivity index (χ0v) is 10.5. The Labute approximate surface area is 105 Å². The Morgan fingerprint density at radius 1 is 1.56 bits per heavy atom. The van der Waals surface area contributed by atoms with Gasteiger partial charge in [-0.2, -0.15) is 5.10 Å². The van der Waals surface area contributed by atoms with Gasteiger partial charge in [0.05, 0.1) is 17.6 Å². The smallest absolute Gasteiger partial charge is 0.307 e. The zero-order chi connectivity index (χ0) is 13.0. The van der Waals surface area contributed by atoms with E-state index in [1.165, 1.54) is 12.4 Å². The quantitative estimate of drug-likeness (QED) is 0.580. The number of piperidine rings is 1. The lowest BCUT2D eigenvalue weighted by atomic mass is 10.1. The highest BCUT2D eigenvalue weighted by Crippen LogP contribution is 2.23. The monoisotopic (exact) mass is 254 g/mol. The number of ether oxygens (including phenoxy) is 1. The predicted molar refractivity (Wildman–Crippen MR) is 65.5 cm³/mol. The molecule has 0 aromatic carbocycles. The molecule has 0 atom stereocenters. The third kappa shape index (κ3) is 3.05. The van der Waals surface area contributed by atoms with Crippen molar-refractivity contribution in [1.29, 1.82) is 0 Å². The number of nitro groups is 1. The summed E-state index contributed by atoms with van der Waals surface area (Å²) in [6.07, 6.45) is 4.79. The highest BCUT2D eigenvalue weighted by molar-refractivity contribution is 5.21. The topological polar surface area (TPSA) is 73.4 Å². The van der Waals surface area contributed by atoms with Gasteiger partial charge < -0.3 is 9.64 Å². The van der Waals surface area contributed by atoms with Gasteiger partial charge in [0.25, 0.3) is 0 Å². The first-order valence-corrected chi connectivity index (χ1v) is 6.10. The second kappa shape index (κ2) is 5.92. The molecule has 7 heteroatoms. The van der Waals surface area contributed by atoms with Crippen LogP contribution in [0.2, 0.25) is 0 Å². The van der Waals surface area contributed by atoms with Gasteiger partial charge in [-0.05, 0) is 12.8 Å². The van der Waals surface area contributed by atoms with Crippen LogP contribution in [0.1, 0.15) is 18.9 Å². The van der Waals surface area contributed by atoms with E-state index in [9.17, 15) is 10.1 Å². The fourth-order valence-electron chi connectivity index (χ4n) is 2.25. The molecular weight excluding hydrogens is 236 g/mol. The predicted octanol–water partition coefficient (Wildman–Crippen LogP) is 1.07. The molecular formula is C11H18N4O3. The van der Waals surface area contributed by atoms with Gasteiger partial charge >= 0.3 is 5.69 Å². The summed E-state index contributed by atoms with van der Waals surface area (Å²) in [7, 11) is 1.70. The fraction of sp³-hybridized carbons (Fsp3) is 0.727. The average Bonchev–Trinajstić information content (AvgIpc) is 2.87. The molecule has 0 spiro atoms. The maximum Gasteiger partial charge on any atom is 0.307 e. The summed E-state index contributed by atoms with van der Waals surface area (Å²) < 4.78 is 6.78. The minimum atomic E-state index is -0.406. The van der Waals surface area contributed by atoms with Crippen LogP contribution in [-0.4, -0.2) is 53.0 Å². The molecule has 2 rings (SSSR count). The van der Waals surface area contributed by atoms with Gasteiger partial charge in [-0.3, -0.25) is 14.8 Å². The van der Waals surface area contributed by atoms with E-state index in [0.717, 1.165) is 39.1 Å². The Morgan fingerprint density at radius 3 is 2.83 bits per heavy atom. The van der Waals surface area contributed by atoms with E-state index in [0.29, 0.717) is 0 Å². The number of hydrogen-bond acceptors (Lipinski definition) is 5. The first-order chi connectivity index (χ1) is 8.70. The number of rotatable bonds is 5. The lowest BCUT2D eigenvalue weighted by Crippen LogP contribution is -2.36. The average molecular weight is 254 g/mol. The maximum absolute atomic E-state index is 10.6. The van der Waals surface area contributed by atoms with E-state index >= 15 is 0 Å². The highest BCUT2D eigenvalue weighted by Gasteiger charge is 2.22. The molecule has 1 aromatic heterocycles. The van der Waals surface area contributed by atoms with Crippen LogP contribution in [0.25, 0.3) is 0 Å². The van der Waals surface area contributed by atoms with Gasteiger partial charge in [-0.25, -0.2) is 0 Å². The first kappa shape index (κ1) is 13.0. The molecule has 2 heterocycles. The lowest BCUT2D eigenvalue weighted by Gasteiger charge is -2.31. The Hall–Kier alpha value is -1.47. The van der Waals surface area contributed by atoms with Crippen LogP contribution < -0.4 is 0 Å². The van der Waals surface area contributed by atoms with Gasteiger partial charge in [0, 0.05) is 26.7 Å². The minimum absolute atomic E-state index is 0.0665. The SMILES string of the molecule is COCCN1CCC(n2cc([N+](=O)[O-])cn2)CC1. The summed E-state index contributed by atoms with van der Waals surface area (Å²) in [5.74, 6) is 0. The van der Waals surface area contributed by atoms with Crippen LogP contribution in [0, 0.1) is 10.1 Å². The number of nitrogens with zero attached hydrogens (tertiary/aromatic N) is 4. The Balaban J connectivity index is 1.86. The minimum Gasteiger partial charge on any atom is -0.383 e. The van der Waals surface area contributed by atoms with Crippen LogP contribution in [0.15, 0.2) is 12.4 Å². The number of likely N-dealkylation sites (tertiary alicyclic amines) is 1. The molecule has 0 N–H and O–H groups in total. The van der Waals surface area contributed by atoms with E-state index in [-0.39, 0.29) is 11.7 Å². The number of aromatic nitrogens is 2. The van der Waals surface area contributed by atoms with Gasteiger partial charge in [0.15, 0.2) is 0 Å². The molecule has 0 amide bonds. The lowest BCUT2D eigenvalue weighted by molar-refractivity contribution is -0.385. The van der Waals surface area contributed by atoms with Crippen molar-refractivity contribution in [2.75, 3.05) is 33.4 Å². The van der Waals surface area contributed by atoms with E-state index in [1.54, 1.807) is 11.8 Å². The van der Waals surface area contributed by atoms with E-state index in [1.807, 2.05) is 0 Å². The molecule has 18 heavy (non-hydrogen) atoms. The summed E-state index contributed by atoms with van der Waals surface area (Å²) >= 11 is 0. The Morgan fingerprint density at radius 2 is 2.28 bits per heavy atom. The second-order valence-corrected chi connectivity index (χ2v) is 4.50. The molecule has 0 radical (unpaired) electrons. The van der Waals surface area contributed by atoms with Crippen LogP contribution in [0.4, 0.5) is 5.69 Å². The van der Waals surface area contributed by atoms with Crippen LogP contribution >= 0.6 is 0 Å². The molecule has 0 aliphatic carbocycles. The van der Waals surface area contributed by atoms with Gasteiger partial charge in [-0.15, -0.1) is 0 Å². The van der Waals surface area contributed by atoms with Gasteiger partial charge in [0.1, 0.15) is 12.4 Å². The Bertz CT molecular complexity index is 399. The van der Waals surface area contributed by atoms with Crippen molar-refractivity contribution in [3.8, 4) is 0 Å². The summed E-state index contributed by atoms with van der Waals surface area (Å²) in [4.78, 5) is 12.5. The zero-order valence-electron chi connectivity index (χ0n) is 10.5. The van der Waals surface area contributed by atoms with Crippen molar-refractivity contribution in [3.05, 3.63) is 22.5 Å². The second-order valence-electron chi connectivity index (χ2n) is 4.50. The molecule has 100 valence electrons. The molecule has 1 fully saturated rings. The molecule has 1 saturated heterocycles. The molecule has 0 unspecified atom stereocenters. The third-order valence-corrected chi connectivity index (χ3v) is 3.34. The molecule has 7 nitrogen and oxygen atoms in total. The number of hydrogen-bond donors (Lipinski definition) is 0. The highest BCUT2D eigenvalue weighted by atomic mass is 16.6. The molecule has 0 bridgehead atoms. The number of methoxy groups -OCH3 is 1. The van der Waals surface area contributed by atoms with Crippen LogP contribution in [-0.2, 0) is 4.74 Å². The first-order valence-electron chi connectivity index (χ1n) is 6.10. The van der Waals surface area contributed by atoms with E-state index < -0.39 is 4.92 Å². The molecule has 1 aliphatic heterocycles. The van der Waals surface area contributed by atoms with Crippen molar-refractivity contribution in [1.82, 2.24) is 14.7 Å². The standard InChI is InChI=1S/C11H18N4O3/c1-18-7-6-13-4-2-10(3-5-13)14-9-11(8-12-14)15(16)17/h8-10H,2-7H2,1H3. The van der Waals surface area contributed by atoms with Gasteiger partial charge in [-0.1, -0.05) is 0 Å². The molecule has 1 aromatic rings. The summed E-state index contributed by atoms with van der Waals surface area (Å²) in [5, 5.41) is 14.7. The van der Waals surface area contributed by atoms with Crippen molar-refractivity contribution in [2.24, 2.45) is 0 Å². The molecule has 1 aliphatic rings.